The monoisotopic (exact) mass is 276 g/mol. The van der Waals surface area contributed by atoms with E-state index in [-0.39, 0.29) is 18.0 Å². The molecule has 1 unspecified atom stereocenters. The Morgan fingerprint density at radius 2 is 2.20 bits per heavy atom. The van der Waals surface area contributed by atoms with Crippen LogP contribution in [0.4, 0.5) is 0 Å². The third-order valence-electron chi connectivity index (χ3n) is 3.89. The first kappa shape index (κ1) is 14.9. The zero-order valence-corrected chi connectivity index (χ0v) is 12.8. The van der Waals surface area contributed by atoms with Crippen LogP contribution in [0.2, 0.25) is 0 Å². The van der Waals surface area contributed by atoms with Crippen LogP contribution < -0.4 is 10.1 Å². The van der Waals surface area contributed by atoms with Crippen molar-refractivity contribution < 1.29 is 9.53 Å². The van der Waals surface area contributed by atoms with Crippen molar-refractivity contribution in [2.24, 2.45) is 0 Å². The number of benzene rings is 1. The van der Waals surface area contributed by atoms with Crippen LogP contribution in [0.3, 0.4) is 0 Å². The second kappa shape index (κ2) is 6.27. The Morgan fingerprint density at radius 3 is 2.80 bits per heavy atom. The Hall–Kier alpha value is -1.55. The van der Waals surface area contributed by atoms with Crippen LogP contribution in [0.1, 0.15) is 31.4 Å². The second-order valence-electron chi connectivity index (χ2n) is 5.65. The van der Waals surface area contributed by atoms with E-state index in [1.165, 1.54) is 0 Å². The van der Waals surface area contributed by atoms with Crippen molar-refractivity contribution in [3.63, 3.8) is 0 Å². The highest BCUT2D eigenvalue weighted by atomic mass is 16.5. The molecule has 1 aromatic carbocycles. The van der Waals surface area contributed by atoms with Gasteiger partial charge in [0.05, 0.1) is 13.2 Å². The van der Waals surface area contributed by atoms with Crippen molar-refractivity contribution in [1.82, 2.24) is 10.2 Å². The molecular weight excluding hydrogens is 252 g/mol. The molecule has 1 aromatic rings. The zero-order chi connectivity index (χ0) is 14.7. The van der Waals surface area contributed by atoms with Crippen molar-refractivity contribution >= 4 is 5.91 Å². The van der Waals surface area contributed by atoms with Gasteiger partial charge in [0.15, 0.2) is 0 Å². The van der Waals surface area contributed by atoms with E-state index >= 15 is 0 Å². The minimum atomic E-state index is -0.0512. The molecule has 20 heavy (non-hydrogen) atoms. The number of likely N-dealkylation sites (tertiary alicyclic amines) is 1. The highest BCUT2D eigenvalue weighted by Gasteiger charge is 2.32. The van der Waals surface area contributed by atoms with Gasteiger partial charge in [0.2, 0.25) is 5.91 Å². The van der Waals surface area contributed by atoms with Crippen molar-refractivity contribution in [1.29, 1.82) is 0 Å². The predicted octanol–water partition coefficient (Wildman–Crippen LogP) is 2.10. The number of hydrogen-bond donors (Lipinski definition) is 1. The quantitative estimate of drug-likeness (QED) is 0.895. The lowest BCUT2D eigenvalue weighted by Gasteiger charge is -2.21. The number of ether oxygens (including phenoxy) is 1. The van der Waals surface area contributed by atoms with Crippen molar-refractivity contribution in [2.75, 3.05) is 13.7 Å². The summed E-state index contributed by atoms with van der Waals surface area (Å²) in [5.74, 6) is 1.12. The molecule has 1 heterocycles. The maximum absolute atomic E-state index is 12.2. The predicted molar refractivity (Wildman–Crippen MR) is 79.8 cm³/mol. The molecule has 4 heteroatoms. The second-order valence-corrected chi connectivity index (χ2v) is 5.65. The molecule has 1 amide bonds. The molecule has 1 aliphatic rings. The fourth-order valence-electron chi connectivity index (χ4n) is 2.62. The summed E-state index contributed by atoms with van der Waals surface area (Å²) in [5, 5.41) is 3.36. The average molecular weight is 276 g/mol. The van der Waals surface area contributed by atoms with E-state index in [9.17, 15) is 4.79 Å². The van der Waals surface area contributed by atoms with E-state index < -0.39 is 0 Å². The number of nitrogens with zero attached hydrogens (tertiary/aromatic N) is 1. The molecule has 110 valence electrons. The van der Waals surface area contributed by atoms with Gasteiger partial charge in [-0.1, -0.05) is 12.1 Å². The lowest BCUT2D eigenvalue weighted by atomic mass is 10.1. The van der Waals surface area contributed by atoms with Crippen molar-refractivity contribution in [3.05, 3.63) is 29.3 Å². The SMILES string of the molecule is COc1cc(CNC2CCN(C(C)C)C2=O)ccc1C. The number of carbonyl (C=O) groups excluding carboxylic acids is 1. The first-order valence-corrected chi connectivity index (χ1v) is 7.20. The molecule has 1 atom stereocenters. The summed E-state index contributed by atoms with van der Waals surface area (Å²) in [6.45, 7) is 7.69. The highest BCUT2D eigenvalue weighted by molar-refractivity contribution is 5.84. The molecule has 1 N–H and O–H groups in total. The standard InChI is InChI=1S/C16H24N2O2/c1-11(2)18-8-7-14(16(18)19)17-10-13-6-5-12(3)15(9-13)20-4/h5-6,9,11,14,17H,7-8,10H2,1-4H3. The normalized spacial score (nSPS) is 18.9. The molecule has 0 bridgehead atoms. The van der Waals surface area contributed by atoms with E-state index in [1.807, 2.05) is 24.0 Å². The van der Waals surface area contributed by atoms with Crippen LogP contribution in [-0.2, 0) is 11.3 Å². The third kappa shape index (κ3) is 3.12. The maximum Gasteiger partial charge on any atom is 0.240 e. The van der Waals surface area contributed by atoms with E-state index in [1.54, 1.807) is 7.11 Å². The molecule has 0 aromatic heterocycles. The molecule has 0 spiro atoms. The lowest BCUT2D eigenvalue weighted by molar-refractivity contribution is -0.130. The van der Waals surface area contributed by atoms with Gasteiger partial charge in [-0.3, -0.25) is 4.79 Å². The number of carbonyl (C=O) groups is 1. The van der Waals surface area contributed by atoms with Crippen LogP contribution in [0.15, 0.2) is 18.2 Å². The Bertz CT molecular complexity index is 485. The van der Waals surface area contributed by atoms with Gasteiger partial charge in [-0.05, 0) is 44.4 Å². The lowest BCUT2D eigenvalue weighted by Crippen LogP contribution is -2.40. The highest BCUT2D eigenvalue weighted by Crippen LogP contribution is 2.20. The molecule has 1 fully saturated rings. The Kier molecular flexibility index (Phi) is 4.65. The molecule has 4 nitrogen and oxygen atoms in total. The van der Waals surface area contributed by atoms with Gasteiger partial charge in [0.1, 0.15) is 5.75 Å². The Morgan fingerprint density at radius 1 is 1.45 bits per heavy atom. The fraction of sp³-hybridized carbons (Fsp3) is 0.562. The summed E-state index contributed by atoms with van der Waals surface area (Å²) >= 11 is 0. The number of rotatable bonds is 5. The average Bonchev–Trinajstić information content (AvgIpc) is 2.79. The van der Waals surface area contributed by atoms with Crippen LogP contribution in [-0.4, -0.2) is 36.5 Å². The van der Waals surface area contributed by atoms with E-state index in [4.69, 9.17) is 4.74 Å². The maximum atomic E-state index is 12.2. The number of hydrogen-bond acceptors (Lipinski definition) is 3. The summed E-state index contributed by atoms with van der Waals surface area (Å²) in [5.41, 5.74) is 2.27. The smallest absolute Gasteiger partial charge is 0.240 e. The minimum absolute atomic E-state index is 0.0512. The van der Waals surface area contributed by atoms with Gasteiger partial charge >= 0.3 is 0 Å². The van der Waals surface area contributed by atoms with Gasteiger partial charge in [-0.15, -0.1) is 0 Å². The number of nitrogens with one attached hydrogen (secondary N) is 1. The molecule has 0 aliphatic carbocycles. The molecule has 1 saturated heterocycles. The van der Waals surface area contributed by atoms with Crippen LogP contribution >= 0.6 is 0 Å². The topological polar surface area (TPSA) is 41.6 Å². The summed E-state index contributed by atoms with van der Waals surface area (Å²) in [6, 6.07) is 6.39. The van der Waals surface area contributed by atoms with Crippen LogP contribution in [0, 0.1) is 6.92 Å². The Balaban J connectivity index is 1.95. The third-order valence-corrected chi connectivity index (χ3v) is 3.89. The van der Waals surface area contributed by atoms with Crippen LogP contribution in [0.25, 0.3) is 0 Å². The van der Waals surface area contributed by atoms with Crippen molar-refractivity contribution in [2.45, 2.75) is 45.8 Å². The van der Waals surface area contributed by atoms with Gasteiger partial charge in [-0.25, -0.2) is 0 Å². The van der Waals surface area contributed by atoms with Gasteiger partial charge in [-0.2, -0.15) is 0 Å². The van der Waals surface area contributed by atoms with E-state index in [2.05, 4.69) is 25.2 Å². The first-order valence-electron chi connectivity index (χ1n) is 7.20. The zero-order valence-electron chi connectivity index (χ0n) is 12.8. The molecular formula is C16H24N2O2. The summed E-state index contributed by atoms with van der Waals surface area (Å²) in [4.78, 5) is 14.1. The number of aryl methyl sites for hydroxylation is 1. The van der Waals surface area contributed by atoms with Gasteiger partial charge in [0, 0.05) is 19.1 Å². The van der Waals surface area contributed by atoms with E-state index in [0.717, 1.165) is 29.8 Å². The van der Waals surface area contributed by atoms with Gasteiger partial charge < -0.3 is 15.0 Å². The first-order chi connectivity index (χ1) is 9.52. The van der Waals surface area contributed by atoms with Crippen molar-refractivity contribution in [3.8, 4) is 5.75 Å². The van der Waals surface area contributed by atoms with Gasteiger partial charge in [0.25, 0.3) is 0 Å². The summed E-state index contributed by atoms with van der Waals surface area (Å²) in [6.07, 6.45) is 0.889. The van der Waals surface area contributed by atoms with E-state index in [0.29, 0.717) is 6.54 Å². The summed E-state index contributed by atoms with van der Waals surface area (Å²) < 4.78 is 5.32. The summed E-state index contributed by atoms with van der Waals surface area (Å²) in [7, 11) is 1.68. The molecule has 2 rings (SSSR count). The molecule has 0 saturated carbocycles. The molecule has 1 aliphatic heterocycles. The van der Waals surface area contributed by atoms with Crippen LogP contribution in [0.5, 0.6) is 5.75 Å². The fourth-order valence-corrected chi connectivity index (χ4v) is 2.62. The largest absolute Gasteiger partial charge is 0.496 e. The number of methoxy groups -OCH3 is 1. The number of amides is 1. The minimum Gasteiger partial charge on any atom is -0.496 e. The Labute approximate surface area is 121 Å². The molecule has 0 radical (unpaired) electrons.